The third kappa shape index (κ3) is 1.48. The molecule has 0 fully saturated rings. The molecular formula is C10H12N4O2. The van der Waals surface area contributed by atoms with E-state index in [1.54, 1.807) is 13.1 Å². The number of carbonyl (C=O) groups is 1. The van der Waals surface area contributed by atoms with Crippen LogP contribution >= 0.6 is 0 Å². The first-order valence-electron chi connectivity index (χ1n) is 4.97. The topological polar surface area (TPSA) is 68.4 Å². The minimum absolute atomic E-state index is 0.206. The van der Waals surface area contributed by atoms with Gasteiger partial charge in [-0.2, -0.15) is 4.52 Å². The van der Waals surface area contributed by atoms with Crippen LogP contribution < -0.4 is 10.9 Å². The van der Waals surface area contributed by atoms with Gasteiger partial charge in [-0.05, 0) is 6.92 Å². The van der Waals surface area contributed by atoms with Gasteiger partial charge in [-0.3, -0.25) is 14.3 Å². The molecule has 0 aromatic carbocycles. The summed E-state index contributed by atoms with van der Waals surface area (Å²) in [6.07, 6.45) is 1.43. The summed E-state index contributed by atoms with van der Waals surface area (Å²) in [5, 5.41) is 2.68. The molecule has 0 radical (unpaired) electrons. The first kappa shape index (κ1) is 10.4. The number of nitrogens with zero attached hydrogens (tertiary/aromatic N) is 3. The Hall–Kier alpha value is -2.11. The maximum Gasteiger partial charge on any atom is 0.272 e. The normalized spacial score (nSPS) is 10.6. The van der Waals surface area contributed by atoms with E-state index in [1.807, 2.05) is 6.92 Å². The van der Waals surface area contributed by atoms with Crippen LogP contribution in [0.5, 0.6) is 0 Å². The highest BCUT2D eigenvalue weighted by molar-refractivity contribution is 5.93. The van der Waals surface area contributed by atoms with Crippen LogP contribution in [0.4, 0.5) is 0 Å². The molecular weight excluding hydrogens is 208 g/mol. The highest BCUT2D eigenvalue weighted by atomic mass is 16.2. The molecule has 0 aliphatic heterocycles. The molecule has 2 aromatic rings. The zero-order chi connectivity index (χ0) is 11.7. The lowest BCUT2D eigenvalue weighted by molar-refractivity contribution is 0.0946. The predicted molar refractivity (Wildman–Crippen MR) is 58.4 cm³/mol. The Labute approximate surface area is 91.5 Å². The van der Waals surface area contributed by atoms with Gasteiger partial charge in [0.25, 0.3) is 11.5 Å². The molecule has 0 atom stereocenters. The summed E-state index contributed by atoms with van der Waals surface area (Å²) < 4.78 is 2.85. The number of carbonyl (C=O) groups excluding carboxylic acids is 1. The van der Waals surface area contributed by atoms with Gasteiger partial charge in [0.2, 0.25) is 0 Å². The molecule has 0 saturated carbocycles. The van der Waals surface area contributed by atoms with Crippen LogP contribution in [0.1, 0.15) is 17.4 Å². The van der Waals surface area contributed by atoms with Crippen LogP contribution in [-0.2, 0) is 7.05 Å². The molecule has 1 amide bonds. The summed E-state index contributed by atoms with van der Waals surface area (Å²) in [4.78, 5) is 27.3. The molecule has 0 aliphatic carbocycles. The van der Waals surface area contributed by atoms with Gasteiger partial charge in [0.1, 0.15) is 5.69 Å². The fourth-order valence-electron chi connectivity index (χ4n) is 1.60. The Morgan fingerprint density at radius 3 is 2.94 bits per heavy atom. The quantitative estimate of drug-likeness (QED) is 0.761. The Morgan fingerprint density at radius 2 is 2.31 bits per heavy atom. The van der Waals surface area contributed by atoms with Gasteiger partial charge >= 0.3 is 0 Å². The minimum atomic E-state index is -0.213. The van der Waals surface area contributed by atoms with Crippen LogP contribution in [0.3, 0.4) is 0 Å². The van der Waals surface area contributed by atoms with E-state index in [0.29, 0.717) is 17.9 Å². The fraction of sp³-hybridized carbons (Fsp3) is 0.300. The van der Waals surface area contributed by atoms with Crippen LogP contribution in [-0.4, -0.2) is 26.6 Å². The smallest absolute Gasteiger partial charge is 0.272 e. The van der Waals surface area contributed by atoms with E-state index in [0.717, 1.165) is 0 Å². The summed E-state index contributed by atoms with van der Waals surface area (Å²) in [6.45, 7) is 2.38. The van der Waals surface area contributed by atoms with Gasteiger partial charge in [-0.15, -0.1) is 0 Å². The van der Waals surface area contributed by atoms with E-state index < -0.39 is 0 Å². The SMILES string of the molecule is CCNC(=O)c1cc2nccc(=O)n2n1C. The molecule has 0 saturated heterocycles. The average molecular weight is 220 g/mol. The molecule has 0 bridgehead atoms. The van der Waals surface area contributed by atoms with E-state index in [9.17, 15) is 9.59 Å². The van der Waals surface area contributed by atoms with E-state index >= 15 is 0 Å². The highest BCUT2D eigenvalue weighted by Gasteiger charge is 2.13. The third-order valence-electron chi connectivity index (χ3n) is 2.33. The largest absolute Gasteiger partial charge is 0.351 e. The molecule has 16 heavy (non-hydrogen) atoms. The van der Waals surface area contributed by atoms with Crippen molar-refractivity contribution in [2.45, 2.75) is 6.92 Å². The van der Waals surface area contributed by atoms with E-state index in [-0.39, 0.29) is 11.5 Å². The van der Waals surface area contributed by atoms with Crippen LogP contribution in [0, 0.1) is 0 Å². The highest BCUT2D eigenvalue weighted by Crippen LogP contribution is 2.04. The van der Waals surface area contributed by atoms with Gasteiger partial charge < -0.3 is 5.32 Å². The monoisotopic (exact) mass is 220 g/mol. The lowest BCUT2D eigenvalue weighted by Crippen LogP contribution is -2.27. The van der Waals surface area contributed by atoms with Crippen molar-refractivity contribution in [2.24, 2.45) is 7.05 Å². The zero-order valence-electron chi connectivity index (χ0n) is 9.10. The second-order valence-corrected chi connectivity index (χ2v) is 3.37. The fourth-order valence-corrected chi connectivity index (χ4v) is 1.60. The number of fused-ring (bicyclic) bond motifs is 1. The van der Waals surface area contributed by atoms with E-state index in [4.69, 9.17) is 0 Å². The molecule has 0 spiro atoms. The second-order valence-electron chi connectivity index (χ2n) is 3.37. The third-order valence-corrected chi connectivity index (χ3v) is 2.33. The summed E-state index contributed by atoms with van der Waals surface area (Å²) in [5.74, 6) is -0.213. The number of hydrogen-bond donors (Lipinski definition) is 1. The van der Waals surface area contributed by atoms with Gasteiger partial charge in [-0.1, -0.05) is 0 Å². The first-order chi connectivity index (χ1) is 7.65. The number of aryl methyl sites for hydroxylation is 1. The van der Waals surface area contributed by atoms with Crippen molar-refractivity contribution in [1.29, 1.82) is 0 Å². The number of rotatable bonds is 2. The number of hydrogen-bond acceptors (Lipinski definition) is 3. The van der Waals surface area contributed by atoms with Crippen molar-refractivity contribution in [1.82, 2.24) is 19.5 Å². The number of aromatic nitrogens is 3. The van der Waals surface area contributed by atoms with Crippen LogP contribution in [0.2, 0.25) is 0 Å². The molecule has 0 unspecified atom stereocenters. The predicted octanol–water partition coefficient (Wildman–Crippen LogP) is -0.217. The second kappa shape index (κ2) is 3.80. The summed E-state index contributed by atoms with van der Waals surface area (Å²) in [5.41, 5.74) is 0.678. The molecule has 1 N–H and O–H groups in total. The summed E-state index contributed by atoms with van der Waals surface area (Å²) >= 11 is 0. The lowest BCUT2D eigenvalue weighted by Gasteiger charge is -2.03. The van der Waals surface area contributed by atoms with Gasteiger partial charge in [-0.25, -0.2) is 4.98 Å². The lowest BCUT2D eigenvalue weighted by atomic mass is 10.4. The van der Waals surface area contributed by atoms with Crippen LogP contribution in [0.25, 0.3) is 5.65 Å². The Balaban J connectivity index is 2.65. The average Bonchev–Trinajstić information content (AvgIpc) is 2.58. The molecule has 2 aromatic heterocycles. The van der Waals surface area contributed by atoms with Crippen molar-refractivity contribution in [3.63, 3.8) is 0 Å². The van der Waals surface area contributed by atoms with Gasteiger partial charge in [0.05, 0.1) is 0 Å². The summed E-state index contributed by atoms with van der Waals surface area (Å²) in [7, 11) is 1.65. The maximum atomic E-state index is 11.7. The van der Waals surface area contributed by atoms with Crippen LogP contribution in [0.15, 0.2) is 23.1 Å². The minimum Gasteiger partial charge on any atom is -0.351 e. The zero-order valence-corrected chi connectivity index (χ0v) is 9.10. The Bertz CT molecular complexity index is 596. The first-order valence-corrected chi connectivity index (χ1v) is 4.97. The van der Waals surface area contributed by atoms with Gasteiger partial charge in [0.15, 0.2) is 5.65 Å². The van der Waals surface area contributed by atoms with Crippen molar-refractivity contribution in [3.05, 3.63) is 34.4 Å². The van der Waals surface area contributed by atoms with E-state index in [1.165, 1.54) is 21.5 Å². The van der Waals surface area contributed by atoms with Gasteiger partial charge in [0, 0.05) is 31.9 Å². The molecule has 84 valence electrons. The number of amides is 1. The number of nitrogens with one attached hydrogen (secondary N) is 1. The maximum absolute atomic E-state index is 11.7. The van der Waals surface area contributed by atoms with Crippen molar-refractivity contribution in [3.8, 4) is 0 Å². The van der Waals surface area contributed by atoms with E-state index in [2.05, 4.69) is 10.3 Å². The van der Waals surface area contributed by atoms with Crippen molar-refractivity contribution in [2.75, 3.05) is 6.54 Å². The summed E-state index contributed by atoms with van der Waals surface area (Å²) in [6, 6.07) is 2.95. The molecule has 2 rings (SSSR count). The molecule has 6 nitrogen and oxygen atoms in total. The Kier molecular flexibility index (Phi) is 2.47. The molecule has 2 heterocycles. The molecule has 6 heteroatoms. The van der Waals surface area contributed by atoms with Crippen molar-refractivity contribution < 1.29 is 4.79 Å². The Morgan fingerprint density at radius 1 is 1.56 bits per heavy atom. The molecule has 0 aliphatic rings. The van der Waals surface area contributed by atoms with Crippen molar-refractivity contribution >= 4 is 11.6 Å². The standard InChI is InChI=1S/C10H12N4O2/c1-3-11-10(16)7-6-8-12-5-4-9(15)14(8)13(7)2/h4-6H,3H2,1-2H3,(H,11,16).